The number of rotatable bonds is 4. The lowest BCUT2D eigenvalue weighted by molar-refractivity contribution is 0.340. The van der Waals surface area contributed by atoms with Crippen LogP contribution in [-0.2, 0) is 6.54 Å². The van der Waals surface area contributed by atoms with Crippen LogP contribution in [0.2, 0.25) is 5.02 Å². The number of nitrogens with zero attached hydrogens (tertiary/aromatic N) is 2. The summed E-state index contributed by atoms with van der Waals surface area (Å²) in [6.45, 7) is 4.89. The van der Waals surface area contributed by atoms with Crippen molar-refractivity contribution in [3.05, 3.63) is 40.5 Å². The van der Waals surface area contributed by atoms with Crippen molar-refractivity contribution in [1.82, 2.24) is 10.2 Å². The molecule has 0 spiro atoms. The molecule has 2 aromatic rings. The van der Waals surface area contributed by atoms with E-state index >= 15 is 0 Å². The first-order chi connectivity index (χ1) is 9.15. The van der Waals surface area contributed by atoms with E-state index in [2.05, 4.69) is 10.2 Å². The Morgan fingerprint density at radius 1 is 1.26 bits per heavy atom. The van der Waals surface area contributed by atoms with Gasteiger partial charge in [0.25, 0.3) is 0 Å². The molecule has 0 fully saturated rings. The van der Waals surface area contributed by atoms with E-state index in [1.807, 2.05) is 38.1 Å². The number of aryl methyl sites for hydroxylation is 1. The molecule has 2 N–H and O–H groups in total. The van der Waals surface area contributed by atoms with Crippen molar-refractivity contribution in [2.24, 2.45) is 5.73 Å². The summed E-state index contributed by atoms with van der Waals surface area (Å²) in [4.78, 5) is 0. The summed E-state index contributed by atoms with van der Waals surface area (Å²) >= 11 is 6.20. The Morgan fingerprint density at radius 2 is 2.05 bits per heavy atom. The molecule has 1 aromatic carbocycles. The molecular weight excluding hydrogens is 262 g/mol. The summed E-state index contributed by atoms with van der Waals surface area (Å²) in [6.07, 6.45) is 0. The Balaban J connectivity index is 2.41. The van der Waals surface area contributed by atoms with Crippen molar-refractivity contribution < 1.29 is 4.74 Å². The molecule has 0 bridgehead atoms. The van der Waals surface area contributed by atoms with Crippen LogP contribution in [0, 0.1) is 6.92 Å². The predicted octanol–water partition coefficient (Wildman–Crippen LogP) is 2.96. The van der Waals surface area contributed by atoms with E-state index < -0.39 is 0 Å². The average molecular weight is 278 g/mol. The molecule has 19 heavy (non-hydrogen) atoms. The van der Waals surface area contributed by atoms with Crippen LogP contribution in [0.1, 0.15) is 18.2 Å². The highest BCUT2D eigenvalue weighted by Crippen LogP contribution is 2.32. The van der Waals surface area contributed by atoms with E-state index in [9.17, 15) is 0 Å². The van der Waals surface area contributed by atoms with Crippen LogP contribution in [0.3, 0.4) is 0 Å². The number of hydrogen-bond donors (Lipinski definition) is 1. The van der Waals surface area contributed by atoms with Crippen LogP contribution in [0.4, 0.5) is 0 Å². The molecule has 0 amide bonds. The lowest BCUT2D eigenvalue weighted by Crippen LogP contribution is -2.01. The van der Waals surface area contributed by atoms with Gasteiger partial charge in [-0.15, -0.1) is 0 Å². The van der Waals surface area contributed by atoms with Gasteiger partial charge in [-0.3, -0.25) is 0 Å². The van der Waals surface area contributed by atoms with Gasteiger partial charge in [0.2, 0.25) is 0 Å². The van der Waals surface area contributed by atoms with Crippen molar-refractivity contribution in [2.75, 3.05) is 6.61 Å². The molecule has 1 heterocycles. The topological polar surface area (TPSA) is 61.0 Å². The molecule has 0 unspecified atom stereocenters. The highest BCUT2D eigenvalue weighted by molar-refractivity contribution is 6.32. The van der Waals surface area contributed by atoms with Gasteiger partial charge in [0.15, 0.2) is 0 Å². The quantitative estimate of drug-likeness (QED) is 0.933. The number of nitrogens with two attached hydrogens (primary N) is 1. The molecule has 4 nitrogen and oxygen atoms in total. The maximum Gasteiger partial charge on any atom is 0.138 e. The molecule has 1 aromatic heterocycles. The highest BCUT2D eigenvalue weighted by atomic mass is 35.5. The zero-order valence-corrected chi connectivity index (χ0v) is 11.7. The summed E-state index contributed by atoms with van der Waals surface area (Å²) in [7, 11) is 0. The van der Waals surface area contributed by atoms with Gasteiger partial charge in [0.05, 0.1) is 23.0 Å². The SMILES string of the molecule is CCOc1cc(C)c(-c2ccc(CN)nn2)cc1Cl. The fourth-order valence-electron chi connectivity index (χ4n) is 1.81. The lowest BCUT2D eigenvalue weighted by atomic mass is 10.0. The predicted molar refractivity (Wildman–Crippen MR) is 76.3 cm³/mol. The van der Waals surface area contributed by atoms with Gasteiger partial charge in [-0.05, 0) is 43.7 Å². The van der Waals surface area contributed by atoms with Crippen molar-refractivity contribution in [3.8, 4) is 17.0 Å². The Labute approximate surface area is 117 Å². The molecule has 0 aliphatic rings. The van der Waals surface area contributed by atoms with Gasteiger partial charge in [0.1, 0.15) is 5.75 Å². The van der Waals surface area contributed by atoms with Gasteiger partial charge >= 0.3 is 0 Å². The first-order valence-electron chi connectivity index (χ1n) is 6.11. The number of ether oxygens (including phenoxy) is 1. The molecule has 2 rings (SSSR count). The smallest absolute Gasteiger partial charge is 0.138 e. The van der Waals surface area contributed by atoms with Crippen LogP contribution >= 0.6 is 11.6 Å². The third-order valence-corrected chi connectivity index (χ3v) is 3.08. The van der Waals surface area contributed by atoms with Crippen LogP contribution in [0.25, 0.3) is 11.3 Å². The van der Waals surface area contributed by atoms with Gasteiger partial charge in [0, 0.05) is 12.1 Å². The van der Waals surface area contributed by atoms with E-state index in [1.165, 1.54) is 0 Å². The number of halogens is 1. The standard InChI is InChI=1S/C14H16ClN3O/c1-3-19-14-6-9(2)11(7-12(14)15)13-5-4-10(8-16)17-18-13/h4-7H,3,8,16H2,1-2H3. The van der Waals surface area contributed by atoms with E-state index in [0.29, 0.717) is 23.9 Å². The van der Waals surface area contributed by atoms with Crippen molar-refractivity contribution in [3.63, 3.8) is 0 Å². The van der Waals surface area contributed by atoms with Gasteiger partial charge < -0.3 is 10.5 Å². The van der Waals surface area contributed by atoms with Crippen LogP contribution in [-0.4, -0.2) is 16.8 Å². The van der Waals surface area contributed by atoms with Crippen LogP contribution in [0.15, 0.2) is 24.3 Å². The second-order valence-electron chi connectivity index (χ2n) is 4.14. The van der Waals surface area contributed by atoms with Crippen molar-refractivity contribution >= 4 is 11.6 Å². The van der Waals surface area contributed by atoms with E-state index in [0.717, 1.165) is 22.5 Å². The maximum absolute atomic E-state index is 6.20. The molecule has 0 aliphatic heterocycles. The fraction of sp³-hybridized carbons (Fsp3) is 0.286. The largest absolute Gasteiger partial charge is 0.492 e. The minimum atomic E-state index is 0.385. The molecular formula is C14H16ClN3O. The minimum Gasteiger partial charge on any atom is -0.492 e. The van der Waals surface area contributed by atoms with Crippen LogP contribution < -0.4 is 10.5 Å². The third kappa shape index (κ3) is 3.03. The van der Waals surface area contributed by atoms with Crippen molar-refractivity contribution in [1.29, 1.82) is 0 Å². The molecule has 0 radical (unpaired) electrons. The van der Waals surface area contributed by atoms with E-state index in [1.54, 1.807) is 0 Å². The maximum atomic E-state index is 6.20. The highest BCUT2D eigenvalue weighted by Gasteiger charge is 2.10. The monoisotopic (exact) mass is 277 g/mol. The molecule has 0 atom stereocenters. The summed E-state index contributed by atoms with van der Waals surface area (Å²) in [5.41, 5.74) is 9.04. The number of aromatic nitrogens is 2. The molecule has 0 saturated heterocycles. The summed E-state index contributed by atoms with van der Waals surface area (Å²) in [5.74, 6) is 0.692. The van der Waals surface area contributed by atoms with Gasteiger partial charge in [-0.2, -0.15) is 10.2 Å². The zero-order valence-electron chi connectivity index (χ0n) is 11.0. The average Bonchev–Trinajstić information content (AvgIpc) is 2.43. The third-order valence-electron chi connectivity index (χ3n) is 2.78. The Hall–Kier alpha value is -1.65. The molecule has 100 valence electrons. The van der Waals surface area contributed by atoms with E-state index in [4.69, 9.17) is 22.1 Å². The molecule has 0 saturated carbocycles. The Kier molecular flexibility index (Phi) is 4.35. The molecule has 5 heteroatoms. The number of benzene rings is 1. The minimum absolute atomic E-state index is 0.385. The normalized spacial score (nSPS) is 10.5. The zero-order chi connectivity index (χ0) is 13.8. The summed E-state index contributed by atoms with van der Waals surface area (Å²) in [6, 6.07) is 7.54. The first kappa shape index (κ1) is 13.8. The van der Waals surface area contributed by atoms with E-state index in [-0.39, 0.29) is 0 Å². The molecule has 0 aliphatic carbocycles. The second-order valence-corrected chi connectivity index (χ2v) is 4.55. The second kappa shape index (κ2) is 5.99. The summed E-state index contributed by atoms with van der Waals surface area (Å²) < 4.78 is 5.46. The Bertz CT molecular complexity index is 570. The van der Waals surface area contributed by atoms with Gasteiger partial charge in [-0.25, -0.2) is 0 Å². The van der Waals surface area contributed by atoms with Crippen molar-refractivity contribution in [2.45, 2.75) is 20.4 Å². The summed E-state index contributed by atoms with van der Waals surface area (Å²) in [5, 5.41) is 8.80. The van der Waals surface area contributed by atoms with Gasteiger partial charge in [-0.1, -0.05) is 11.6 Å². The Morgan fingerprint density at radius 3 is 2.63 bits per heavy atom. The lowest BCUT2D eigenvalue weighted by Gasteiger charge is -2.11. The first-order valence-corrected chi connectivity index (χ1v) is 6.49. The number of hydrogen-bond acceptors (Lipinski definition) is 4. The van der Waals surface area contributed by atoms with Crippen LogP contribution in [0.5, 0.6) is 5.75 Å². The fourth-order valence-corrected chi connectivity index (χ4v) is 2.03.